The highest BCUT2D eigenvalue weighted by atomic mass is 19.1. The lowest BCUT2D eigenvalue weighted by molar-refractivity contribution is 0.627. The van der Waals surface area contributed by atoms with E-state index >= 15 is 0 Å². The van der Waals surface area contributed by atoms with Gasteiger partial charge in [-0.15, -0.1) is 5.10 Å². The molecule has 22 heavy (non-hydrogen) atoms. The second-order valence-electron chi connectivity index (χ2n) is 4.81. The van der Waals surface area contributed by atoms with Crippen molar-refractivity contribution in [3.05, 3.63) is 66.1 Å². The zero-order valence-electron chi connectivity index (χ0n) is 12.1. The van der Waals surface area contributed by atoms with Gasteiger partial charge in [-0.3, -0.25) is 5.43 Å². The third-order valence-corrected chi connectivity index (χ3v) is 3.38. The number of fused-ring (bicyclic) bond motifs is 1. The normalized spacial score (nSPS) is 11.6. The molecule has 0 atom stereocenters. The number of hydrazone groups is 1. The monoisotopic (exact) mass is 294 g/mol. The van der Waals surface area contributed by atoms with Gasteiger partial charge in [0.1, 0.15) is 5.82 Å². The van der Waals surface area contributed by atoms with Gasteiger partial charge in [0.15, 0.2) is 5.82 Å². The first-order valence-electron chi connectivity index (χ1n) is 7.07. The predicted octanol–water partition coefficient (Wildman–Crippen LogP) is 4.00. The first kappa shape index (κ1) is 14.1. The van der Waals surface area contributed by atoms with Gasteiger partial charge in [-0.2, -0.15) is 10.2 Å². The smallest absolute Gasteiger partial charge is 0.176 e. The molecule has 5 heteroatoms. The van der Waals surface area contributed by atoms with Crippen LogP contribution >= 0.6 is 0 Å². The van der Waals surface area contributed by atoms with E-state index in [9.17, 15) is 4.39 Å². The summed E-state index contributed by atoms with van der Waals surface area (Å²) in [4.78, 5) is 0. The second kappa shape index (κ2) is 6.30. The average molecular weight is 294 g/mol. The Labute approximate surface area is 127 Å². The van der Waals surface area contributed by atoms with E-state index in [0.29, 0.717) is 5.82 Å². The van der Waals surface area contributed by atoms with E-state index in [2.05, 4.69) is 20.7 Å². The Morgan fingerprint density at radius 1 is 1.14 bits per heavy atom. The van der Waals surface area contributed by atoms with Crippen molar-refractivity contribution in [2.45, 2.75) is 13.3 Å². The van der Waals surface area contributed by atoms with Gasteiger partial charge in [-0.25, -0.2) is 4.39 Å². The predicted molar refractivity (Wildman–Crippen MR) is 86.4 cm³/mol. The summed E-state index contributed by atoms with van der Waals surface area (Å²) in [7, 11) is 0. The molecule has 0 aliphatic heterocycles. The van der Waals surface area contributed by atoms with Crippen molar-refractivity contribution in [1.29, 1.82) is 0 Å². The Kier molecular flexibility index (Phi) is 4.05. The molecule has 0 bridgehead atoms. The van der Waals surface area contributed by atoms with Gasteiger partial charge in [0.25, 0.3) is 0 Å². The Morgan fingerprint density at radius 2 is 1.91 bits per heavy atom. The van der Waals surface area contributed by atoms with Crippen LogP contribution in [0.4, 0.5) is 10.2 Å². The van der Waals surface area contributed by atoms with E-state index < -0.39 is 0 Å². The highest BCUT2D eigenvalue weighted by Crippen LogP contribution is 2.19. The number of halogens is 1. The summed E-state index contributed by atoms with van der Waals surface area (Å²) in [5, 5.41) is 14.4. The van der Waals surface area contributed by atoms with Crippen molar-refractivity contribution in [2.24, 2.45) is 5.10 Å². The summed E-state index contributed by atoms with van der Waals surface area (Å²) in [5.74, 6) is 0.346. The molecule has 0 aliphatic rings. The SMILES string of the molecule is CC/C(=N/Nc1nncc2ccccc12)c1ccc(F)cc1. The van der Waals surface area contributed by atoms with Crippen LogP contribution < -0.4 is 5.43 Å². The van der Waals surface area contributed by atoms with Crippen molar-refractivity contribution in [3.8, 4) is 0 Å². The topological polar surface area (TPSA) is 50.2 Å². The fraction of sp³-hybridized carbons (Fsp3) is 0.118. The zero-order chi connectivity index (χ0) is 15.4. The van der Waals surface area contributed by atoms with Gasteiger partial charge in [-0.1, -0.05) is 43.3 Å². The summed E-state index contributed by atoms with van der Waals surface area (Å²) in [6.45, 7) is 2.00. The number of anilines is 1. The maximum atomic E-state index is 13.0. The average Bonchev–Trinajstić information content (AvgIpc) is 2.57. The van der Waals surface area contributed by atoms with Crippen LogP contribution in [0.3, 0.4) is 0 Å². The number of nitrogens with zero attached hydrogens (tertiary/aromatic N) is 3. The highest BCUT2D eigenvalue weighted by molar-refractivity contribution is 6.01. The molecule has 110 valence electrons. The largest absolute Gasteiger partial charge is 0.259 e. The van der Waals surface area contributed by atoms with Crippen molar-refractivity contribution in [3.63, 3.8) is 0 Å². The van der Waals surface area contributed by atoms with E-state index in [1.165, 1.54) is 12.1 Å². The van der Waals surface area contributed by atoms with E-state index in [1.54, 1.807) is 18.3 Å². The van der Waals surface area contributed by atoms with Gasteiger partial charge in [0, 0.05) is 10.8 Å². The van der Waals surface area contributed by atoms with Crippen LogP contribution in [0.25, 0.3) is 10.8 Å². The number of benzene rings is 2. The van der Waals surface area contributed by atoms with Crippen molar-refractivity contribution < 1.29 is 4.39 Å². The number of rotatable bonds is 4. The minimum Gasteiger partial charge on any atom is -0.259 e. The second-order valence-corrected chi connectivity index (χ2v) is 4.81. The molecule has 3 aromatic rings. The summed E-state index contributed by atoms with van der Waals surface area (Å²) < 4.78 is 13.0. The minimum atomic E-state index is -0.257. The molecule has 1 heterocycles. The molecule has 4 nitrogen and oxygen atoms in total. The molecule has 0 fully saturated rings. The third kappa shape index (κ3) is 2.93. The zero-order valence-corrected chi connectivity index (χ0v) is 12.1. The highest BCUT2D eigenvalue weighted by Gasteiger charge is 2.04. The molecule has 1 N–H and O–H groups in total. The van der Waals surface area contributed by atoms with Gasteiger partial charge >= 0.3 is 0 Å². The van der Waals surface area contributed by atoms with Crippen LogP contribution in [-0.4, -0.2) is 15.9 Å². The third-order valence-electron chi connectivity index (χ3n) is 3.38. The molecule has 0 saturated carbocycles. The van der Waals surface area contributed by atoms with Crippen LogP contribution in [0.15, 0.2) is 59.8 Å². The van der Waals surface area contributed by atoms with Crippen molar-refractivity contribution >= 4 is 22.3 Å². The molecule has 0 unspecified atom stereocenters. The minimum absolute atomic E-state index is 0.257. The Morgan fingerprint density at radius 3 is 2.68 bits per heavy atom. The lowest BCUT2D eigenvalue weighted by atomic mass is 10.1. The number of hydrogen-bond donors (Lipinski definition) is 1. The first-order chi connectivity index (χ1) is 10.8. The number of aromatic nitrogens is 2. The van der Waals surface area contributed by atoms with Crippen LogP contribution in [0.2, 0.25) is 0 Å². The first-order valence-corrected chi connectivity index (χ1v) is 7.07. The van der Waals surface area contributed by atoms with Crippen LogP contribution in [0.5, 0.6) is 0 Å². The maximum absolute atomic E-state index is 13.0. The molecule has 0 saturated heterocycles. The van der Waals surface area contributed by atoms with E-state index in [0.717, 1.165) is 28.5 Å². The van der Waals surface area contributed by atoms with Crippen LogP contribution in [-0.2, 0) is 0 Å². The number of nitrogens with one attached hydrogen (secondary N) is 1. The summed E-state index contributed by atoms with van der Waals surface area (Å²) in [6.07, 6.45) is 2.43. The molecular weight excluding hydrogens is 279 g/mol. The lowest BCUT2D eigenvalue weighted by Gasteiger charge is -2.07. The van der Waals surface area contributed by atoms with Crippen LogP contribution in [0.1, 0.15) is 18.9 Å². The summed E-state index contributed by atoms with van der Waals surface area (Å²) >= 11 is 0. The molecule has 0 spiro atoms. The quantitative estimate of drug-likeness (QED) is 0.584. The molecule has 1 aromatic heterocycles. The Balaban J connectivity index is 1.92. The van der Waals surface area contributed by atoms with Gasteiger partial charge in [0.2, 0.25) is 0 Å². The maximum Gasteiger partial charge on any atom is 0.176 e. The summed E-state index contributed by atoms with van der Waals surface area (Å²) in [6, 6.07) is 14.1. The molecule has 0 radical (unpaired) electrons. The van der Waals surface area contributed by atoms with E-state index in [4.69, 9.17) is 0 Å². The Bertz CT molecular complexity index is 807. The molecule has 0 amide bonds. The standard InChI is InChI=1S/C17H15FN4/c1-2-16(12-7-9-14(18)10-8-12)20-22-17-15-6-4-3-5-13(15)11-19-21-17/h3-11H,2H2,1H3,(H,21,22)/b20-16-. The van der Waals surface area contributed by atoms with Crippen molar-refractivity contribution in [1.82, 2.24) is 10.2 Å². The summed E-state index contributed by atoms with van der Waals surface area (Å²) in [5.41, 5.74) is 4.68. The molecule has 3 rings (SSSR count). The van der Waals surface area contributed by atoms with E-state index in [-0.39, 0.29) is 5.82 Å². The number of hydrogen-bond acceptors (Lipinski definition) is 4. The van der Waals surface area contributed by atoms with Crippen LogP contribution in [0, 0.1) is 5.82 Å². The molecular formula is C17H15FN4. The lowest BCUT2D eigenvalue weighted by Crippen LogP contribution is -2.04. The van der Waals surface area contributed by atoms with Crippen molar-refractivity contribution in [2.75, 3.05) is 5.43 Å². The van der Waals surface area contributed by atoms with Gasteiger partial charge < -0.3 is 0 Å². The Hall–Kier alpha value is -2.82. The van der Waals surface area contributed by atoms with E-state index in [1.807, 2.05) is 31.2 Å². The fourth-order valence-corrected chi connectivity index (χ4v) is 2.22. The van der Waals surface area contributed by atoms with Gasteiger partial charge in [0.05, 0.1) is 11.9 Å². The van der Waals surface area contributed by atoms with Gasteiger partial charge in [-0.05, 0) is 24.1 Å². The molecule has 2 aromatic carbocycles. The molecule has 0 aliphatic carbocycles. The fourth-order valence-electron chi connectivity index (χ4n) is 2.22.